The molecule has 1 aromatic rings. The van der Waals surface area contributed by atoms with Crippen molar-refractivity contribution in [2.75, 3.05) is 5.75 Å². The van der Waals surface area contributed by atoms with E-state index in [4.69, 9.17) is 0 Å². The third-order valence-corrected chi connectivity index (χ3v) is 3.08. The molecular weight excluding hydrogens is 208 g/mol. The Morgan fingerprint density at radius 3 is 2.20 bits per heavy atom. The van der Waals surface area contributed by atoms with Crippen molar-refractivity contribution >= 4 is 10.7 Å². The van der Waals surface area contributed by atoms with E-state index in [-0.39, 0.29) is 0 Å². The zero-order valence-corrected chi connectivity index (χ0v) is 9.79. The van der Waals surface area contributed by atoms with Crippen LogP contribution in [0.3, 0.4) is 0 Å². The highest BCUT2D eigenvalue weighted by molar-refractivity contribution is 7.72. The van der Waals surface area contributed by atoms with Crippen LogP contribution >= 0.6 is 0 Å². The Labute approximate surface area is 93.3 Å². The zero-order valence-electron chi connectivity index (χ0n) is 8.89. The molecule has 0 aliphatic rings. The summed E-state index contributed by atoms with van der Waals surface area (Å²) >= 11 is 0. The van der Waals surface area contributed by atoms with Crippen molar-refractivity contribution in [3.05, 3.63) is 35.9 Å². The van der Waals surface area contributed by atoms with Crippen LogP contribution in [0.15, 0.2) is 30.3 Å². The van der Waals surface area contributed by atoms with Gasteiger partial charge >= 0.3 is 0 Å². The Morgan fingerprint density at radius 2 is 1.53 bits per heavy atom. The minimum absolute atomic E-state index is 0.348. The Bertz CT molecular complexity index is 323. The van der Waals surface area contributed by atoms with Crippen LogP contribution in [0, 0.1) is 0 Å². The molecule has 3 heteroatoms. The van der Waals surface area contributed by atoms with Crippen LogP contribution in [-0.2, 0) is 17.1 Å². The Morgan fingerprint density at radius 1 is 0.867 bits per heavy atom. The molecule has 15 heavy (non-hydrogen) atoms. The average Bonchev–Trinajstić information content (AvgIpc) is 2.24. The summed E-state index contributed by atoms with van der Waals surface area (Å²) in [4.78, 5) is 0. The van der Waals surface area contributed by atoms with Crippen molar-refractivity contribution in [3.8, 4) is 0 Å². The van der Waals surface area contributed by atoms with Gasteiger partial charge in [0, 0.05) is 5.75 Å². The number of rotatable bonds is 7. The summed E-state index contributed by atoms with van der Waals surface area (Å²) in [5, 5.41) is 0. The molecule has 0 fully saturated rings. The van der Waals surface area contributed by atoms with Crippen LogP contribution in [0.2, 0.25) is 0 Å². The molecule has 0 heterocycles. The molecule has 0 spiro atoms. The number of unbranched alkanes of at least 4 members (excludes halogenated alkanes) is 3. The summed E-state index contributed by atoms with van der Waals surface area (Å²) in [5.41, 5.74) is 1.37. The molecule has 1 aromatic carbocycles. The van der Waals surface area contributed by atoms with Crippen LogP contribution in [0.1, 0.15) is 31.2 Å². The van der Waals surface area contributed by atoms with E-state index in [0.29, 0.717) is 5.75 Å². The van der Waals surface area contributed by atoms with Gasteiger partial charge in [-0.15, -0.1) is 0 Å². The summed E-state index contributed by atoms with van der Waals surface area (Å²) < 4.78 is 20.6. The van der Waals surface area contributed by atoms with Crippen molar-refractivity contribution < 1.29 is 8.42 Å². The predicted octanol–water partition coefficient (Wildman–Crippen LogP) is 2.40. The average molecular weight is 226 g/mol. The lowest BCUT2D eigenvalue weighted by Gasteiger charge is -2.00. The molecule has 1 rings (SSSR count). The highest BCUT2D eigenvalue weighted by Crippen LogP contribution is 2.07. The van der Waals surface area contributed by atoms with Crippen molar-refractivity contribution in [2.24, 2.45) is 0 Å². The van der Waals surface area contributed by atoms with Gasteiger partial charge in [-0.2, -0.15) is 0 Å². The largest absolute Gasteiger partial charge is 0.232 e. The normalized spacial score (nSPS) is 10.7. The van der Waals surface area contributed by atoms with Gasteiger partial charge in [-0.05, 0) is 24.8 Å². The Hall–Kier alpha value is -0.830. The van der Waals surface area contributed by atoms with E-state index in [2.05, 4.69) is 24.3 Å². The number of thiol groups is 1. The first-order valence-electron chi connectivity index (χ1n) is 5.45. The van der Waals surface area contributed by atoms with Crippen molar-refractivity contribution in [1.29, 1.82) is 0 Å². The van der Waals surface area contributed by atoms with Gasteiger partial charge in [-0.3, -0.25) is 0 Å². The van der Waals surface area contributed by atoms with E-state index in [1.54, 1.807) is 0 Å². The highest BCUT2D eigenvalue weighted by atomic mass is 32.2. The first kappa shape index (κ1) is 12.2. The van der Waals surface area contributed by atoms with Gasteiger partial charge in [0.05, 0.1) is 0 Å². The smallest absolute Gasteiger partial charge is 0.140 e. The fourth-order valence-electron chi connectivity index (χ4n) is 1.57. The standard InChI is InChI=1S/C12H18O2S/c13-15(14)11-7-2-1-4-8-12-9-5-3-6-10-12/h3,5-6,9-10,15H,1-2,4,7-8,11H2. The number of hydrogen-bond donors (Lipinski definition) is 1. The Balaban J connectivity index is 2.02. The summed E-state index contributed by atoms with van der Waals surface area (Å²) in [5.74, 6) is 0.348. The molecule has 0 radical (unpaired) electrons. The highest BCUT2D eigenvalue weighted by Gasteiger charge is 1.93. The number of hydrogen-bond acceptors (Lipinski definition) is 2. The summed E-state index contributed by atoms with van der Waals surface area (Å²) in [6, 6.07) is 10.4. The van der Waals surface area contributed by atoms with E-state index in [1.165, 1.54) is 5.56 Å². The summed E-state index contributed by atoms with van der Waals surface area (Å²) in [7, 11) is -2.17. The van der Waals surface area contributed by atoms with E-state index in [0.717, 1.165) is 32.1 Å². The molecule has 0 bridgehead atoms. The quantitative estimate of drug-likeness (QED) is 0.572. The van der Waals surface area contributed by atoms with Gasteiger partial charge in [0.2, 0.25) is 0 Å². The molecular formula is C12H18O2S. The maximum Gasteiger partial charge on any atom is 0.140 e. The molecule has 0 aliphatic heterocycles. The molecule has 0 atom stereocenters. The van der Waals surface area contributed by atoms with Gasteiger partial charge in [0.25, 0.3) is 0 Å². The molecule has 0 unspecified atom stereocenters. The molecule has 0 aromatic heterocycles. The van der Waals surface area contributed by atoms with Crippen molar-refractivity contribution in [3.63, 3.8) is 0 Å². The summed E-state index contributed by atoms with van der Waals surface area (Å²) in [6.07, 6.45) is 5.21. The third-order valence-electron chi connectivity index (χ3n) is 2.40. The molecule has 0 N–H and O–H groups in total. The molecule has 0 aliphatic carbocycles. The van der Waals surface area contributed by atoms with E-state index >= 15 is 0 Å². The minimum atomic E-state index is -2.17. The lowest BCUT2D eigenvalue weighted by Crippen LogP contribution is -1.89. The van der Waals surface area contributed by atoms with Gasteiger partial charge in [0.1, 0.15) is 10.7 Å². The van der Waals surface area contributed by atoms with Gasteiger partial charge in [0.15, 0.2) is 0 Å². The topological polar surface area (TPSA) is 34.1 Å². The van der Waals surface area contributed by atoms with Gasteiger partial charge in [-0.1, -0.05) is 43.2 Å². The SMILES string of the molecule is O=[SH](=O)CCCCCCc1ccccc1. The van der Waals surface area contributed by atoms with Gasteiger partial charge < -0.3 is 0 Å². The van der Waals surface area contributed by atoms with E-state index in [9.17, 15) is 8.42 Å². The number of aryl methyl sites for hydroxylation is 1. The first-order valence-corrected chi connectivity index (χ1v) is 6.81. The Kier molecular flexibility index (Phi) is 6.09. The maximum absolute atomic E-state index is 10.3. The molecule has 0 amide bonds. The van der Waals surface area contributed by atoms with Crippen molar-refractivity contribution in [2.45, 2.75) is 32.1 Å². The van der Waals surface area contributed by atoms with E-state index < -0.39 is 10.7 Å². The van der Waals surface area contributed by atoms with Crippen molar-refractivity contribution in [1.82, 2.24) is 0 Å². The monoisotopic (exact) mass is 226 g/mol. The predicted molar refractivity (Wildman–Crippen MR) is 63.8 cm³/mol. The minimum Gasteiger partial charge on any atom is -0.232 e. The molecule has 0 saturated carbocycles. The van der Waals surface area contributed by atoms with Crippen LogP contribution < -0.4 is 0 Å². The molecule has 2 nitrogen and oxygen atoms in total. The second kappa shape index (κ2) is 7.46. The molecule has 0 saturated heterocycles. The van der Waals surface area contributed by atoms with Crippen LogP contribution in [-0.4, -0.2) is 14.2 Å². The number of benzene rings is 1. The summed E-state index contributed by atoms with van der Waals surface area (Å²) in [6.45, 7) is 0. The zero-order chi connectivity index (χ0) is 10.9. The van der Waals surface area contributed by atoms with Crippen LogP contribution in [0.25, 0.3) is 0 Å². The maximum atomic E-state index is 10.3. The van der Waals surface area contributed by atoms with Gasteiger partial charge in [-0.25, -0.2) is 8.42 Å². The van der Waals surface area contributed by atoms with E-state index in [1.807, 2.05) is 6.07 Å². The first-order chi connectivity index (χ1) is 7.29. The third kappa shape index (κ3) is 6.28. The fraction of sp³-hybridized carbons (Fsp3) is 0.500. The van der Waals surface area contributed by atoms with Crippen LogP contribution in [0.4, 0.5) is 0 Å². The lowest BCUT2D eigenvalue weighted by molar-refractivity contribution is 0.605. The van der Waals surface area contributed by atoms with Crippen LogP contribution in [0.5, 0.6) is 0 Å². The second-order valence-electron chi connectivity index (χ2n) is 3.71. The lowest BCUT2D eigenvalue weighted by atomic mass is 10.1. The fourth-order valence-corrected chi connectivity index (χ4v) is 2.05. The second-order valence-corrected chi connectivity index (χ2v) is 4.82. The molecule has 84 valence electrons.